The topological polar surface area (TPSA) is 136 Å². The fourth-order valence-corrected chi connectivity index (χ4v) is 6.21. The number of ether oxygens (including phenoxy) is 1. The molecule has 11 nitrogen and oxygen atoms in total. The fourth-order valence-electron chi connectivity index (χ4n) is 3.85. The first-order valence-electron chi connectivity index (χ1n) is 12.3. The molecule has 1 N–H and O–H groups in total. The van der Waals surface area contributed by atoms with E-state index in [0.29, 0.717) is 29.0 Å². The van der Waals surface area contributed by atoms with E-state index in [1.165, 1.54) is 54.7 Å². The SMILES string of the molecule is CN(C)CCOC(=O)c1ccc(Cn2c(=O)c(S(C)(=O)=O)c3sc(C(=O)NCc4ccc(F)cc4)cn3c2=O)cc1. The number of rotatable bonds is 10. The van der Waals surface area contributed by atoms with Gasteiger partial charge in [-0.3, -0.25) is 18.6 Å². The molecule has 0 spiro atoms. The average Bonchev–Trinajstić information content (AvgIpc) is 3.35. The third-order valence-corrected chi connectivity index (χ3v) is 8.35. The summed E-state index contributed by atoms with van der Waals surface area (Å²) in [6.07, 6.45) is 2.03. The molecule has 4 rings (SSSR count). The molecule has 14 heteroatoms. The van der Waals surface area contributed by atoms with E-state index in [4.69, 9.17) is 4.74 Å². The smallest absolute Gasteiger partial charge is 0.338 e. The number of sulfone groups is 1. The number of thiazole rings is 1. The summed E-state index contributed by atoms with van der Waals surface area (Å²) in [4.78, 5) is 52.7. The van der Waals surface area contributed by atoms with Crippen LogP contribution >= 0.6 is 11.3 Å². The number of hydrogen-bond donors (Lipinski definition) is 1. The Morgan fingerprint density at radius 2 is 1.66 bits per heavy atom. The van der Waals surface area contributed by atoms with Crippen LogP contribution in [0.4, 0.5) is 4.39 Å². The van der Waals surface area contributed by atoms with Gasteiger partial charge in [0.25, 0.3) is 11.5 Å². The monoisotopic (exact) mass is 602 g/mol. The second-order valence-corrected chi connectivity index (χ2v) is 12.5. The normalized spacial score (nSPS) is 11.6. The highest BCUT2D eigenvalue weighted by Gasteiger charge is 2.25. The number of aromatic nitrogens is 2. The van der Waals surface area contributed by atoms with Crippen LogP contribution in [0, 0.1) is 5.82 Å². The summed E-state index contributed by atoms with van der Waals surface area (Å²) in [5.74, 6) is -1.55. The quantitative estimate of drug-likeness (QED) is 0.271. The van der Waals surface area contributed by atoms with Gasteiger partial charge in [-0.25, -0.2) is 22.4 Å². The molecular weight excluding hydrogens is 575 g/mol. The average molecular weight is 603 g/mol. The molecule has 0 atom stereocenters. The zero-order valence-corrected chi connectivity index (χ0v) is 24.1. The number of amides is 1. The van der Waals surface area contributed by atoms with Crippen molar-refractivity contribution in [1.82, 2.24) is 19.2 Å². The molecule has 41 heavy (non-hydrogen) atoms. The Labute approximate surface area is 238 Å². The van der Waals surface area contributed by atoms with Crippen molar-refractivity contribution in [2.45, 2.75) is 18.0 Å². The van der Waals surface area contributed by atoms with Gasteiger partial charge >= 0.3 is 11.7 Å². The van der Waals surface area contributed by atoms with Crippen molar-refractivity contribution in [2.24, 2.45) is 0 Å². The van der Waals surface area contributed by atoms with Gasteiger partial charge in [0, 0.05) is 25.5 Å². The van der Waals surface area contributed by atoms with E-state index in [-0.39, 0.29) is 35.0 Å². The minimum absolute atomic E-state index is 0.00314. The van der Waals surface area contributed by atoms with E-state index in [2.05, 4.69) is 5.32 Å². The number of halogens is 1. The summed E-state index contributed by atoms with van der Waals surface area (Å²) in [5.41, 5.74) is -0.496. The number of fused-ring (bicyclic) bond motifs is 1. The zero-order chi connectivity index (χ0) is 29.9. The van der Waals surface area contributed by atoms with E-state index < -0.39 is 43.7 Å². The summed E-state index contributed by atoms with van der Waals surface area (Å²) in [7, 11) is -0.413. The van der Waals surface area contributed by atoms with Gasteiger partial charge in [-0.1, -0.05) is 24.3 Å². The van der Waals surface area contributed by atoms with Gasteiger partial charge in [0.05, 0.1) is 12.1 Å². The van der Waals surface area contributed by atoms with E-state index in [1.807, 2.05) is 19.0 Å². The number of hydrogen-bond acceptors (Lipinski definition) is 9. The standard InChI is InChI=1S/C27H27FN4O7S2/c1-30(2)12-13-39-26(35)19-8-4-18(5-9-19)15-31-24(34)22(41(3,37)38)25-32(27(31)36)16-21(40-25)23(33)29-14-17-6-10-20(28)11-7-17/h4-11,16H,12-15H2,1-3H3,(H,29,33). The predicted molar refractivity (Wildman–Crippen MR) is 151 cm³/mol. The van der Waals surface area contributed by atoms with Crippen LogP contribution in [0.2, 0.25) is 0 Å². The molecule has 2 aromatic carbocycles. The van der Waals surface area contributed by atoms with Gasteiger partial charge < -0.3 is 15.0 Å². The molecule has 0 saturated carbocycles. The van der Waals surface area contributed by atoms with Crippen molar-refractivity contribution in [3.8, 4) is 0 Å². The number of carbonyl (C=O) groups is 2. The lowest BCUT2D eigenvalue weighted by Gasteiger charge is -2.11. The van der Waals surface area contributed by atoms with Crippen molar-refractivity contribution < 1.29 is 27.1 Å². The largest absolute Gasteiger partial charge is 0.461 e. The third kappa shape index (κ3) is 6.96. The van der Waals surface area contributed by atoms with Crippen LogP contribution in [0.25, 0.3) is 4.83 Å². The van der Waals surface area contributed by atoms with Crippen LogP contribution in [-0.4, -0.2) is 67.7 Å². The second-order valence-electron chi connectivity index (χ2n) is 9.49. The van der Waals surface area contributed by atoms with Gasteiger partial charge in [0.2, 0.25) is 0 Å². The van der Waals surface area contributed by atoms with Crippen LogP contribution < -0.4 is 16.6 Å². The minimum atomic E-state index is -4.11. The van der Waals surface area contributed by atoms with Gasteiger partial charge in [-0.2, -0.15) is 0 Å². The lowest BCUT2D eigenvalue weighted by Crippen LogP contribution is -2.40. The Hall–Kier alpha value is -4.14. The Balaban J connectivity index is 1.63. The van der Waals surface area contributed by atoms with Gasteiger partial charge in [0.15, 0.2) is 14.7 Å². The molecule has 0 aliphatic rings. The molecule has 2 heterocycles. The molecule has 1 amide bonds. The van der Waals surface area contributed by atoms with Crippen LogP contribution in [0.15, 0.2) is 69.2 Å². The molecule has 216 valence electrons. The maximum Gasteiger partial charge on any atom is 0.338 e. The highest BCUT2D eigenvalue weighted by molar-refractivity contribution is 7.91. The maximum absolute atomic E-state index is 13.3. The van der Waals surface area contributed by atoms with Crippen molar-refractivity contribution >= 4 is 37.9 Å². The van der Waals surface area contributed by atoms with Crippen molar-refractivity contribution in [1.29, 1.82) is 0 Å². The van der Waals surface area contributed by atoms with Crippen LogP contribution in [0.3, 0.4) is 0 Å². The number of nitrogens with zero attached hydrogens (tertiary/aromatic N) is 3. The number of carbonyl (C=O) groups excluding carboxylic acids is 2. The summed E-state index contributed by atoms with van der Waals surface area (Å²) in [6, 6.07) is 11.5. The van der Waals surface area contributed by atoms with Gasteiger partial charge in [-0.15, -0.1) is 11.3 Å². The summed E-state index contributed by atoms with van der Waals surface area (Å²) in [5, 5.41) is 2.63. The van der Waals surface area contributed by atoms with Gasteiger partial charge in [-0.05, 0) is 49.5 Å². The molecule has 0 aliphatic heterocycles. The van der Waals surface area contributed by atoms with Gasteiger partial charge in [0.1, 0.15) is 22.1 Å². The van der Waals surface area contributed by atoms with Crippen LogP contribution in [0.1, 0.15) is 31.2 Å². The fraction of sp³-hybridized carbons (Fsp3) is 0.259. The highest BCUT2D eigenvalue weighted by Crippen LogP contribution is 2.22. The summed E-state index contributed by atoms with van der Waals surface area (Å²) < 4.78 is 45.4. The highest BCUT2D eigenvalue weighted by atomic mass is 32.2. The molecule has 0 aliphatic carbocycles. The number of esters is 1. The van der Waals surface area contributed by atoms with E-state index in [9.17, 15) is 32.0 Å². The number of likely N-dealkylation sites (N-methyl/N-ethyl adjacent to an activating group) is 1. The van der Waals surface area contributed by atoms with Crippen LogP contribution in [0.5, 0.6) is 0 Å². The first-order chi connectivity index (χ1) is 19.3. The molecule has 4 aromatic rings. The predicted octanol–water partition coefficient (Wildman–Crippen LogP) is 1.76. The minimum Gasteiger partial charge on any atom is -0.461 e. The van der Waals surface area contributed by atoms with E-state index in [0.717, 1.165) is 15.2 Å². The molecule has 0 unspecified atom stereocenters. The Morgan fingerprint density at radius 3 is 2.27 bits per heavy atom. The van der Waals surface area contributed by atoms with Crippen molar-refractivity contribution in [2.75, 3.05) is 33.5 Å². The zero-order valence-electron chi connectivity index (χ0n) is 22.4. The Bertz CT molecular complexity index is 1820. The first kappa shape index (κ1) is 29.8. The van der Waals surface area contributed by atoms with Crippen molar-refractivity contribution in [3.05, 3.63) is 103 Å². The van der Waals surface area contributed by atoms with E-state index in [1.54, 1.807) is 0 Å². The number of benzene rings is 2. The van der Waals surface area contributed by atoms with Crippen molar-refractivity contribution in [3.63, 3.8) is 0 Å². The Morgan fingerprint density at radius 1 is 1.02 bits per heavy atom. The second kappa shape index (κ2) is 12.2. The maximum atomic E-state index is 13.3. The summed E-state index contributed by atoms with van der Waals surface area (Å²) >= 11 is 0.697. The Kier molecular flexibility index (Phi) is 8.85. The molecule has 0 fully saturated rings. The molecule has 0 radical (unpaired) electrons. The first-order valence-corrected chi connectivity index (χ1v) is 15.0. The molecular formula is C27H27FN4O7S2. The summed E-state index contributed by atoms with van der Waals surface area (Å²) in [6.45, 7) is 0.553. The number of nitrogens with one attached hydrogen (secondary N) is 1. The molecule has 2 aromatic heterocycles. The molecule has 0 bridgehead atoms. The third-order valence-electron chi connectivity index (χ3n) is 6.01. The lowest BCUT2D eigenvalue weighted by molar-refractivity contribution is 0.0481. The molecule has 0 saturated heterocycles. The lowest BCUT2D eigenvalue weighted by atomic mass is 10.1. The van der Waals surface area contributed by atoms with Crippen LogP contribution in [-0.2, 0) is 27.7 Å². The van der Waals surface area contributed by atoms with E-state index >= 15 is 0 Å².